The molecule has 9 heteroatoms. The molecule has 0 unspecified atom stereocenters. The Kier molecular flexibility index (Phi) is 6.41. The van der Waals surface area contributed by atoms with Crippen molar-refractivity contribution in [2.45, 2.75) is 26.7 Å². The number of esters is 2. The van der Waals surface area contributed by atoms with Crippen LogP contribution in [0.2, 0.25) is 0 Å². The lowest BCUT2D eigenvalue weighted by atomic mass is 10.0. The highest BCUT2D eigenvalue weighted by Crippen LogP contribution is 2.32. The molecule has 0 aliphatic carbocycles. The van der Waals surface area contributed by atoms with Crippen LogP contribution in [0.1, 0.15) is 31.0 Å². The number of halogens is 1. The summed E-state index contributed by atoms with van der Waals surface area (Å²) in [5.41, 5.74) is 0.0655. The van der Waals surface area contributed by atoms with Gasteiger partial charge in [0.15, 0.2) is 5.92 Å². The first-order chi connectivity index (χ1) is 10.3. The first-order valence-corrected chi connectivity index (χ1v) is 7.27. The van der Waals surface area contributed by atoms with Crippen LogP contribution in [0.25, 0.3) is 0 Å². The minimum absolute atomic E-state index is 0.0278. The monoisotopic (exact) mass is 374 g/mol. The van der Waals surface area contributed by atoms with Gasteiger partial charge in [-0.3, -0.25) is 24.7 Å². The van der Waals surface area contributed by atoms with Crippen LogP contribution in [-0.4, -0.2) is 35.1 Å². The topological polar surface area (TPSA) is 109 Å². The molecule has 0 aliphatic rings. The summed E-state index contributed by atoms with van der Waals surface area (Å²) >= 11 is 3.16. The SMILES string of the molecule is CCOC(=O)C(C(=O)OCC)c1ncc([N+](=O)[O-])c(C)c1Br. The third kappa shape index (κ3) is 3.79. The molecule has 120 valence electrons. The molecule has 0 atom stereocenters. The zero-order chi connectivity index (χ0) is 16.9. The number of pyridine rings is 1. The number of hydrogen-bond acceptors (Lipinski definition) is 7. The number of nitro groups is 1. The molecule has 0 radical (unpaired) electrons. The van der Waals surface area contributed by atoms with E-state index in [9.17, 15) is 19.7 Å². The van der Waals surface area contributed by atoms with Crippen LogP contribution >= 0.6 is 15.9 Å². The summed E-state index contributed by atoms with van der Waals surface area (Å²) in [6, 6.07) is 0. The van der Waals surface area contributed by atoms with Crippen LogP contribution in [-0.2, 0) is 19.1 Å². The van der Waals surface area contributed by atoms with Crippen molar-refractivity contribution < 1.29 is 24.0 Å². The zero-order valence-corrected chi connectivity index (χ0v) is 13.9. The summed E-state index contributed by atoms with van der Waals surface area (Å²) in [4.78, 5) is 38.2. The second-order valence-electron chi connectivity index (χ2n) is 4.16. The fraction of sp³-hybridized carbons (Fsp3) is 0.462. The summed E-state index contributed by atoms with van der Waals surface area (Å²) in [5.74, 6) is -3.03. The van der Waals surface area contributed by atoms with E-state index >= 15 is 0 Å². The second kappa shape index (κ2) is 7.83. The van der Waals surface area contributed by atoms with E-state index in [0.29, 0.717) is 0 Å². The molecule has 1 heterocycles. The van der Waals surface area contributed by atoms with E-state index in [-0.39, 0.29) is 34.6 Å². The molecular formula is C13H15BrN2O6. The molecule has 0 amide bonds. The molecule has 0 fully saturated rings. The normalized spacial score (nSPS) is 10.4. The lowest BCUT2D eigenvalue weighted by molar-refractivity contribution is -0.385. The van der Waals surface area contributed by atoms with Gasteiger partial charge in [-0.2, -0.15) is 0 Å². The lowest BCUT2D eigenvalue weighted by Gasteiger charge is -2.16. The largest absolute Gasteiger partial charge is 0.465 e. The Morgan fingerprint density at radius 3 is 2.23 bits per heavy atom. The minimum Gasteiger partial charge on any atom is -0.465 e. The van der Waals surface area contributed by atoms with Gasteiger partial charge in [0.05, 0.1) is 28.3 Å². The molecule has 0 N–H and O–H groups in total. The quantitative estimate of drug-likeness (QED) is 0.325. The Balaban J connectivity index is 3.37. The van der Waals surface area contributed by atoms with E-state index in [1.165, 1.54) is 6.92 Å². The van der Waals surface area contributed by atoms with Crippen LogP contribution < -0.4 is 0 Å². The molecule has 8 nitrogen and oxygen atoms in total. The maximum absolute atomic E-state index is 12.0. The maximum atomic E-state index is 12.0. The molecule has 0 aromatic carbocycles. The van der Waals surface area contributed by atoms with Crippen LogP contribution in [0, 0.1) is 17.0 Å². The number of aromatic nitrogens is 1. The maximum Gasteiger partial charge on any atom is 0.326 e. The summed E-state index contributed by atoms with van der Waals surface area (Å²) in [7, 11) is 0. The van der Waals surface area contributed by atoms with Crippen molar-refractivity contribution in [3.05, 3.63) is 32.0 Å². The van der Waals surface area contributed by atoms with Crippen molar-refractivity contribution in [3.63, 3.8) is 0 Å². The van der Waals surface area contributed by atoms with E-state index in [2.05, 4.69) is 20.9 Å². The molecule has 0 bridgehead atoms. The second-order valence-corrected chi connectivity index (χ2v) is 4.95. The standard InChI is InChI=1S/C13H15BrN2O6/c1-4-21-12(17)9(13(18)22-5-2)11-10(14)7(3)8(6-15-11)16(19)20/h6,9H,4-5H2,1-3H3. The predicted octanol–water partition coefficient (Wildman–Crippen LogP) is 2.27. The van der Waals surface area contributed by atoms with Gasteiger partial charge in [0.2, 0.25) is 0 Å². The fourth-order valence-corrected chi connectivity index (χ4v) is 2.28. The number of ether oxygens (including phenoxy) is 2. The Morgan fingerprint density at radius 2 is 1.82 bits per heavy atom. The van der Waals surface area contributed by atoms with E-state index in [1.54, 1.807) is 13.8 Å². The number of rotatable bonds is 6. The van der Waals surface area contributed by atoms with Crippen molar-refractivity contribution in [1.29, 1.82) is 0 Å². The number of nitrogens with zero attached hydrogens (tertiary/aromatic N) is 2. The molecule has 22 heavy (non-hydrogen) atoms. The molecule has 1 aromatic rings. The zero-order valence-electron chi connectivity index (χ0n) is 12.3. The van der Waals surface area contributed by atoms with Gasteiger partial charge in [-0.15, -0.1) is 0 Å². The third-order valence-electron chi connectivity index (χ3n) is 2.78. The average molecular weight is 375 g/mol. The number of hydrogen-bond donors (Lipinski definition) is 0. The van der Waals surface area contributed by atoms with Gasteiger partial charge >= 0.3 is 11.9 Å². The fourth-order valence-electron chi connectivity index (χ4n) is 1.74. The highest BCUT2D eigenvalue weighted by Gasteiger charge is 2.36. The number of carbonyl (C=O) groups is 2. The molecule has 1 rings (SSSR count). The Labute approximate surface area is 135 Å². The molecule has 0 spiro atoms. The van der Waals surface area contributed by atoms with Gasteiger partial charge in [-0.05, 0) is 36.7 Å². The summed E-state index contributed by atoms with van der Waals surface area (Å²) in [5, 5.41) is 10.9. The predicted molar refractivity (Wildman–Crippen MR) is 79.3 cm³/mol. The summed E-state index contributed by atoms with van der Waals surface area (Å²) in [6.45, 7) is 4.85. The van der Waals surface area contributed by atoms with Crippen molar-refractivity contribution in [1.82, 2.24) is 4.98 Å². The van der Waals surface area contributed by atoms with Gasteiger partial charge < -0.3 is 9.47 Å². The van der Waals surface area contributed by atoms with Gasteiger partial charge in [0.1, 0.15) is 6.20 Å². The van der Waals surface area contributed by atoms with E-state index in [1.807, 2.05) is 0 Å². The van der Waals surface area contributed by atoms with Crippen LogP contribution in [0.3, 0.4) is 0 Å². The average Bonchev–Trinajstić information content (AvgIpc) is 2.44. The molecular weight excluding hydrogens is 360 g/mol. The summed E-state index contributed by atoms with van der Waals surface area (Å²) < 4.78 is 9.93. The van der Waals surface area contributed by atoms with Crippen LogP contribution in [0.15, 0.2) is 10.7 Å². The van der Waals surface area contributed by atoms with E-state index in [4.69, 9.17) is 9.47 Å². The van der Waals surface area contributed by atoms with Crippen molar-refractivity contribution >= 4 is 33.6 Å². The third-order valence-corrected chi connectivity index (χ3v) is 3.78. The minimum atomic E-state index is -1.39. The summed E-state index contributed by atoms with van der Waals surface area (Å²) in [6.07, 6.45) is 1.00. The first-order valence-electron chi connectivity index (χ1n) is 6.47. The Bertz CT molecular complexity index is 586. The Morgan fingerprint density at radius 1 is 1.32 bits per heavy atom. The molecule has 1 aromatic heterocycles. The van der Waals surface area contributed by atoms with Crippen LogP contribution in [0.5, 0.6) is 0 Å². The highest BCUT2D eigenvalue weighted by atomic mass is 79.9. The van der Waals surface area contributed by atoms with Crippen molar-refractivity contribution in [3.8, 4) is 0 Å². The van der Waals surface area contributed by atoms with Crippen molar-refractivity contribution in [2.75, 3.05) is 13.2 Å². The molecule has 0 saturated heterocycles. The Hall–Kier alpha value is -2.03. The molecule has 0 aliphatic heterocycles. The van der Waals surface area contributed by atoms with Crippen molar-refractivity contribution in [2.24, 2.45) is 0 Å². The van der Waals surface area contributed by atoms with E-state index in [0.717, 1.165) is 6.20 Å². The van der Waals surface area contributed by atoms with Gasteiger partial charge in [-0.25, -0.2) is 0 Å². The van der Waals surface area contributed by atoms with Gasteiger partial charge in [0, 0.05) is 5.56 Å². The van der Waals surface area contributed by atoms with Crippen LogP contribution in [0.4, 0.5) is 5.69 Å². The smallest absolute Gasteiger partial charge is 0.326 e. The lowest BCUT2D eigenvalue weighted by Crippen LogP contribution is -2.27. The first kappa shape index (κ1) is 18.0. The van der Waals surface area contributed by atoms with E-state index < -0.39 is 22.8 Å². The number of carbonyl (C=O) groups excluding carboxylic acids is 2. The van der Waals surface area contributed by atoms with Gasteiger partial charge in [0.25, 0.3) is 5.69 Å². The van der Waals surface area contributed by atoms with Gasteiger partial charge in [-0.1, -0.05) is 0 Å². The highest BCUT2D eigenvalue weighted by molar-refractivity contribution is 9.10. The molecule has 0 saturated carbocycles.